The number of hydrogen-bond acceptors (Lipinski definition) is 5. The normalized spacial score (nSPS) is 30.5. The molecule has 0 spiro atoms. The third kappa shape index (κ3) is 2.87. The standard InChI is InChI=1S/C21H25NO5/c1-12(23)16-18-14-9-6-10-15(26-2)17(14)19(22(18)20(16)24)21(25)27-11-13-7-4-3-5-8-13/h3-5,7-8,12,14-16,18,23H,6,9-11H2,1-2H3. The molecule has 2 aliphatic heterocycles. The summed E-state index contributed by atoms with van der Waals surface area (Å²) in [6, 6.07) is 9.30. The lowest BCUT2D eigenvalue weighted by Crippen LogP contribution is -2.64. The number of fused-ring (bicyclic) bond motifs is 3. The molecule has 1 N–H and O–H groups in total. The molecule has 1 aromatic rings. The summed E-state index contributed by atoms with van der Waals surface area (Å²) in [5, 5.41) is 10.1. The monoisotopic (exact) mass is 371 g/mol. The van der Waals surface area contributed by atoms with Gasteiger partial charge in [-0.15, -0.1) is 0 Å². The molecule has 1 aliphatic carbocycles. The Balaban J connectivity index is 1.63. The molecule has 1 amide bonds. The first-order valence-electron chi connectivity index (χ1n) is 9.53. The maximum absolute atomic E-state index is 13.0. The zero-order chi connectivity index (χ0) is 19.1. The van der Waals surface area contributed by atoms with Crippen LogP contribution in [0.25, 0.3) is 0 Å². The van der Waals surface area contributed by atoms with Crippen LogP contribution in [0.15, 0.2) is 41.6 Å². The van der Waals surface area contributed by atoms with E-state index >= 15 is 0 Å². The van der Waals surface area contributed by atoms with Crippen LogP contribution in [0.3, 0.4) is 0 Å². The van der Waals surface area contributed by atoms with Gasteiger partial charge in [0.25, 0.3) is 0 Å². The Morgan fingerprint density at radius 1 is 1.30 bits per heavy atom. The number of rotatable bonds is 5. The van der Waals surface area contributed by atoms with E-state index in [0.29, 0.717) is 5.70 Å². The van der Waals surface area contributed by atoms with Crippen LogP contribution in [0.1, 0.15) is 31.7 Å². The van der Waals surface area contributed by atoms with Gasteiger partial charge in [0.05, 0.1) is 24.2 Å². The SMILES string of the molecule is COC1CCCC2C1=C(C(=O)OCc1ccccc1)N1C(=O)C(C(C)O)C21. The number of ether oxygens (including phenoxy) is 2. The van der Waals surface area contributed by atoms with E-state index in [1.165, 1.54) is 0 Å². The van der Waals surface area contributed by atoms with Crippen molar-refractivity contribution in [2.45, 2.75) is 51.0 Å². The van der Waals surface area contributed by atoms with Crippen molar-refractivity contribution in [2.24, 2.45) is 11.8 Å². The molecule has 4 rings (SSSR count). The number of amides is 1. The highest BCUT2D eigenvalue weighted by Crippen LogP contribution is 2.52. The van der Waals surface area contributed by atoms with Gasteiger partial charge < -0.3 is 19.5 Å². The van der Waals surface area contributed by atoms with E-state index in [0.717, 1.165) is 30.4 Å². The van der Waals surface area contributed by atoms with Gasteiger partial charge in [0.2, 0.25) is 5.91 Å². The first kappa shape index (κ1) is 18.2. The minimum absolute atomic E-state index is 0.0558. The molecule has 0 bridgehead atoms. The van der Waals surface area contributed by atoms with E-state index in [4.69, 9.17) is 9.47 Å². The molecule has 2 heterocycles. The van der Waals surface area contributed by atoms with Crippen LogP contribution in [0.5, 0.6) is 0 Å². The molecular formula is C21H25NO5. The Morgan fingerprint density at radius 3 is 2.70 bits per heavy atom. The van der Waals surface area contributed by atoms with Crippen LogP contribution in [0.4, 0.5) is 0 Å². The lowest BCUT2D eigenvalue weighted by Gasteiger charge is -2.47. The predicted octanol–water partition coefficient (Wildman–Crippen LogP) is 2.02. The third-order valence-corrected chi connectivity index (χ3v) is 6.05. The van der Waals surface area contributed by atoms with Gasteiger partial charge in [-0.1, -0.05) is 30.3 Å². The highest BCUT2D eigenvalue weighted by Gasteiger charge is 2.62. The zero-order valence-corrected chi connectivity index (χ0v) is 15.6. The fraction of sp³-hybridized carbons (Fsp3) is 0.524. The van der Waals surface area contributed by atoms with Gasteiger partial charge in [-0.2, -0.15) is 0 Å². The van der Waals surface area contributed by atoms with Crippen LogP contribution < -0.4 is 0 Å². The number of aliphatic hydroxyl groups excluding tert-OH is 1. The van der Waals surface area contributed by atoms with Gasteiger partial charge >= 0.3 is 5.97 Å². The number of hydrogen-bond donors (Lipinski definition) is 1. The van der Waals surface area contributed by atoms with Gasteiger partial charge in [-0.3, -0.25) is 4.79 Å². The fourth-order valence-corrected chi connectivity index (χ4v) is 4.86. The number of benzene rings is 1. The summed E-state index contributed by atoms with van der Waals surface area (Å²) >= 11 is 0. The van der Waals surface area contributed by atoms with Gasteiger partial charge in [0, 0.05) is 13.0 Å². The first-order valence-corrected chi connectivity index (χ1v) is 9.53. The van der Waals surface area contributed by atoms with Crippen LogP contribution in [-0.2, 0) is 25.7 Å². The average molecular weight is 371 g/mol. The molecule has 1 saturated heterocycles. The summed E-state index contributed by atoms with van der Waals surface area (Å²) in [5.74, 6) is -1.08. The maximum Gasteiger partial charge on any atom is 0.355 e. The predicted molar refractivity (Wildman–Crippen MR) is 97.2 cm³/mol. The summed E-state index contributed by atoms with van der Waals surface area (Å²) in [7, 11) is 1.64. The Kier molecular flexibility index (Phi) is 4.78. The Bertz CT molecular complexity index is 772. The lowest BCUT2D eigenvalue weighted by molar-refractivity contribution is -0.165. The van der Waals surface area contributed by atoms with Crippen molar-refractivity contribution in [3.05, 3.63) is 47.2 Å². The van der Waals surface area contributed by atoms with Crippen LogP contribution in [0.2, 0.25) is 0 Å². The molecular weight excluding hydrogens is 346 g/mol. The van der Waals surface area contributed by atoms with Crippen molar-refractivity contribution in [3.8, 4) is 0 Å². The largest absolute Gasteiger partial charge is 0.456 e. The lowest BCUT2D eigenvalue weighted by atomic mass is 9.72. The number of nitrogens with zero attached hydrogens (tertiary/aromatic N) is 1. The topological polar surface area (TPSA) is 76.1 Å². The second-order valence-corrected chi connectivity index (χ2v) is 7.59. The Morgan fingerprint density at radius 2 is 2.04 bits per heavy atom. The highest BCUT2D eigenvalue weighted by atomic mass is 16.5. The molecule has 2 fully saturated rings. The van der Waals surface area contributed by atoms with Crippen molar-refractivity contribution in [1.82, 2.24) is 4.90 Å². The van der Waals surface area contributed by atoms with Crippen molar-refractivity contribution in [1.29, 1.82) is 0 Å². The van der Waals surface area contributed by atoms with E-state index in [1.54, 1.807) is 18.9 Å². The molecule has 6 heteroatoms. The molecule has 0 aromatic heterocycles. The minimum atomic E-state index is -0.734. The van der Waals surface area contributed by atoms with E-state index in [2.05, 4.69) is 0 Å². The molecule has 5 unspecified atom stereocenters. The van der Waals surface area contributed by atoms with Gasteiger partial charge in [-0.25, -0.2) is 4.79 Å². The smallest absolute Gasteiger partial charge is 0.355 e. The van der Waals surface area contributed by atoms with E-state index in [9.17, 15) is 14.7 Å². The molecule has 3 aliphatic rings. The Labute approximate surface area is 158 Å². The summed E-state index contributed by atoms with van der Waals surface area (Å²) in [5.41, 5.74) is 2.11. The number of β-lactam (4-membered cyclic amide) rings is 1. The molecule has 5 atom stereocenters. The van der Waals surface area contributed by atoms with Crippen LogP contribution >= 0.6 is 0 Å². The molecule has 1 saturated carbocycles. The van der Waals surface area contributed by atoms with Crippen molar-refractivity contribution in [2.75, 3.05) is 7.11 Å². The van der Waals surface area contributed by atoms with E-state index in [1.807, 2.05) is 30.3 Å². The van der Waals surface area contributed by atoms with Gasteiger partial charge in [-0.05, 0) is 37.3 Å². The van der Waals surface area contributed by atoms with Crippen LogP contribution in [0, 0.1) is 11.8 Å². The maximum atomic E-state index is 13.0. The first-order chi connectivity index (χ1) is 13.0. The average Bonchev–Trinajstić information content (AvgIpc) is 2.97. The number of carbonyl (C=O) groups is 2. The van der Waals surface area contributed by atoms with E-state index < -0.39 is 18.0 Å². The Hall–Kier alpha value is -2.18. The van der Waals surface area contributed by atoms with Crippen molar-refractivity contribution in [3.63, 3.8) is 0 Å². The molecule has 0 radical (unpaired) electrons. The second kappa shape index (κ2) is 7.09. The van der Waals surface area contributed by atoms with Gasteiger partial charge in [0.15, 0.2) is 0 Å². The summed E-state index contributed by atoms with van der Waals surface area (Å²) in [6.45, 7) is 1.80. The third-order valence-electron chi connectivity index (χ3n) is 6.05. The summed E-state index contributed by atoms with van der Waals surface area (Å²) in [6.07, 6.45) is 1.77. The summed E-state index contributed by atoms with van der Waals surface area (Å²) < 4.78 is 11.2. The minimum Gasteiger partial charge on any atom is -0.456 e. The van der Waals surface area contributed by atoms with Crippen molar-refractivity contribution < 1.29 is 24.2 Å². The molecule has 27 heavy (non-hydrogen) atoms. The summed E-state index contributed by atoms with van der Waals surface area (Å²) in [4.78, 5) is 27.2. The highest BCUT2D eigenvalue weighted by molar-refractivity contribution is 6.01. The zero-order valence-electron chi connectivity index (χ0n) is 15.6. The van der Waals surface area contributed by atoms with E-state index in [-0.39, 0.29) is 30.6 Å². The fourth-order valence-electron chi connectivity index (χ4n) is 4.86. The van der Waals surface area contributed by atoms with Crippen LogP contribution in [-0.4, -0.2) is 47.2 Å². The number of aliphatic hydroxyl groups is 1. The number of methoxy groups -OCH3 is 1. The molecule has 6 nitrogen and oxygen atoms in total. The molecule has 1 aromatic carbocycles. The molecule has 144 valence electrons. The number of carbonyl (C=O) groups excluding carboxylic acids is 2. The number of esters is 1. The van der Waals surface area contributed by atoms with Gasteiger partial charge in [0.1, 0.15) is 12.3 Å². The quantitative estimate of drug-likeness (QED) is 0.633. The second-order valence-electron chi connectivity index (χ2n) is 7.59. The van der Waals surface area contributed by atoms with Crippen molar-refractivity contribution >= 4 is 11.9 Å².